The Balaban J connectivity index is 3.09. The maximum Gasteiger partial charge on any atom is 0.337 e. The molecule has 1 aromatic carbocycles. The zero-order valence-electron chi connectivity index (χ0n) is 9.52. The van der Waals surface area contributed by atoms with Gasteiger partial charge in [-0.25, -0.2) is 4.79 Å². The molecule has 4 N–H and O–H groups in total. The van der Waals surface area contributed by atoms with Crippen LogP contribution in [0.3, 0.4) is 0 Å². The van der Waals surface area contributed by atoms with Crippen molar-refractivity contribution in [3.05, 3.63) is 23.8 Å². The quantitative estimate of drug-likeness (QED) is 0.588. The molecule has 1 rings (SSSR count). The molecule has 0 heterocycles. The van der Waals surface area contributed by atoms with Crippen LogP contribution in [-0.4, -0.2) is 28.3 Å². The Hall–Kier alpha value is -2.08. The molecule has 0 fully saturated rings. The van der Waals surface area contributed by atoms with Crippen LogP contribution in [0.2, 0.25) is 0 Å². The first-order valence-corrected chi connectivity index (χ1v) is 4.99. The SMILES string of the molecule is CC(=O)Nc1cc(NC(C)O)ccc1C(=O)O. The maximum absolute atomic E-state index is 10.9. The van der Waals surface area contributed by atoms with Crippen molar-refractivity contribution in [2.45, 2.75) is 20.1 Å². The smallest absolute Gasteiger partial charge is 0.337 e. The first-order chi connectivity index (χ1) is 7.90. The molecule has 92 valence electrons. The number of carbonyl (C=O) groups is 2. The van der Waals surface area contributed by atoms with Crippen molar-refractivity contribution in [3.63, 3.8) is 0 Å². The van der Waals surface area contributed by atoms with Gasteiger partial charge in [-0.2, -0.15) is 0 Å². The number of carboxylic acid groups (broad SMARTS) is 1. The van der Waals surface area contributed by atoms with Gasteiger partial charge in [-0.3, -0.25) is 4.79 Å². The lowest BCUT2D eigenvalue weighted by molar-refractivity contribution is -0.114. The number of amides is 1. The average molecular weight is 238 g/mol. The summed E-state index contributed by atoms with van der Waals surface area (Å²) in [6.07, 6.45) is -0.768. The van der Waals surface area contributed by atoms with Crippen LogP contribution in [0.25, 0.3) is 0 Å². The van der Waals surface area contributed by atoms with E-state index in [0.29, 0.717) is 5.69 Å². The second kappa shape index (κ2) is 5.31. The molecule has 0 radical (unpaired) electrons. The van der Waals surface area contributed by atoms with Gasteiger partial charge in [0.25, 0.3) is 0 Å². The van der Waals surface area contributed by atoms with Crippen LogP contribution in [0.5, 0.6) is 0 Å². The minimum absolute atomic E-state index is 0.00339. The van der Waals surface area contributed by atoms with E-state index in [1.54, 1.807) is 0 Å². The Morgan fingerprint density at radius 2 is 2.00 bits per heavy atom. The fourth-order valence-corrected chi connectivity index (χ4v) is 1.35. The molecule has 1 amide bonds. The monoisotopic (exact) mass is 238 g/mol. The van der Waals surface area contributed by atoms with Gasteiger partial charge in [-0.1, -0.05) is 0 Å². The molecule has 0 aliphatic rings. The van der Waals surface area contributed by atoms with E-state index in [-0.39, 0.29) is 17.2 Å². The molecular weight excluding hydrogens is 224 g/mol. The molecule has 1 aromatic rings. The topological polar surface area (TPSA) is 98.7 Å². The number of carboxylic acids is 1. The molecule has 0 saturated heterocycles. The van der Waals surface area contributed by atoms with Crippen LogP contribution in [0.4, 0.5) is 11.4 Å². The highest BCUT2D eigenvalue weighted by Crippen LogP contribution is 2.21. The van der Waals surface area contributed by atoms with Crippen LogP contribution >= 0.6 is 0 Å². The van der Waals surface area contributed by atoms with E-state index in [0.717, 1.165) is 0 Å². The normalized spacial score (nSPS) is 11.7. The molecule has 6 heteroatoms. The molecule has 1 unspecified atom stereocenters. The van der Waals surface area contributed by atoms with E-state index < -0.39 is 12.2 Å². The van der Waals surface area contributed by atoms with E-state index in [1.165, 1.54) is 32.0 Å². The second-order valence-corrected chi connectivity index (χ2v) is 3.57. The Labute approximate surface area is 98.3 Å². The largest absolute Gasteiger partial charge is 0.478 e. The Morgan fingerprint density at radius 1 is 1.35 bits per heavy atom. The molecule has 0 bridgehead atoms. The maximum atomic E-state index is 10.9. The summed E-state index contributed by atoms with van der Waals surface area (Å²) in [5, 5.41) is 23.2. The molecule has 0 spiro atoms. The number of hydrogen-bond acceptors (Lipinski definition) is 4. The van der Waals surface area contributed by atoms with Gasteiger partial charge < -0.3 is 20.8 Å². The van der Waals surface area contributed by atoms with Gasteiger partial charge in [-0.15, -0.1) is 0 Å². The van der Waals surface area contributed by atoms with Gasteiger partial charge >= 0.3 is 5.97 Å². The van der Waals surface area contributed by atoms with Crippen molar-refractivity contribution >= 4 is 23.3 Å². The fourth-order valence-electron chi connectivity index (χ4n) is 1.35. The lowest BCUT2D eigenvalue weighted by atomic mass is 10.1. The minimum atomic E-state index is -1.13. The van der Waals surface area contributed by atoms with Crippen LogP contribution in [0.1, 0.15) is 24.2 Å². The van der Waals surface area contributed by atoms with E-state index in [1.807, 2.05) is 0 Å². The van der Waals surface area contributed by atoms with Gasteiger partial charge in [0.05, 0.1) is 11.3 Å². The summed E-state index contributed by atoms with van der Waals surface area (Å²) in [6.45, 7) is 2.82. The zero-order chi connectivity index (χ0) is 13.0. The summed E-state index contributed by atoms with van der Waals surface area (Å²) >= 11 is 0. The zero-order valence-corrected chi connectivity index (χ0v) is 9.52. The number of rotatable bonds is 4. The minimum Gasteiger partial charge on any atom is -0.478 e. The van der Waals surface area contributed by atoms with Crippen molar-refractivity contribution in [2.24, 2.45) is 0 Å². The first-order valence-electron chi connectivity index (χ1n) is 4.99. The van der Waals surface area contributed by atoms with Gasteiger partial charge in [0.1, 0.15) is 6.23 Å². The molecular formula is C11H14N2O4. The standard InChI is InChI=1S/C11H14N2O4/c1-6(14)12-8-3-4-9(11(16)17)10(5-8)13-7(2)15/h3-6,12,14H,1-2H3,(H,13,15)(H,16,17). The van der Waals surface area contributed by atoms with Crippen LogP contribution in [-0.2, 0) is 4.79 Å². The number of nitrogens with one attached hydrogen (secondary N) is 2. The Kier molecular flexibility index (Phi) is 4.06. The van der Waals surface area contributed by atoms with Gasteiger partial charge in [0.15, 0.2) is 0 Å². The number of aromatic carboxylic acids is 1. The van der Waals surface area contributed by atoms with E-state index >= 15 is 0 Å². The fraction of sp³-hybridized carbons (Fsp3) is 0.273. The van der Waals surface area contributed by atoms with Crippen LogP contribution in [0, 0.1) is 0 Å². The number of hydrogen-bond donors (Lipinski definition) is 4. The van der Waals surface area contributed by atoms with Gasteiger partial charge in [0.2, 0.25) is 5.91 Å². The summed E-state index contributed by atoms with van der Waals surface area (Å²) in [5.74, 6) is -1.49. The van der Waals surface area contributed by atoms with Crippen molar-refractivity contribution < 1.29 is 19.8 Å². The molecule has 0 aromatic heterocycles. The molecule has 1 atom stereocenters. The van der Waals surface area contributed by atoms with Crippen molar-refractivity contribution in [1.29, 1.82) is 0 Å². The number of aliphatic hydroxyl groups excluding tert-OH is 1. The number of anilines is 2. The van der Waals surface area contributed by atoms with Crippen molar-refractivity contribution in [2.75, 3.05) is 10.6 Å². The summed E-state index contributed by atoms with van der Waals surface area (Å²) in [6, 6.07) is 4.33. The number of aliphatic hydroxyl groups is 1. The van der Waals surface area contributed by atoms with Gasteiger partial charge in [0, 0.05) is 12.6 Å². The van der Waals surface area contributed by atoms with Crippen molar-refractivity contribution in [1.82, 2.24) is 0 Å². The predicted molar refractivity (Wildman–Crippen MR) is 63.0 cm³/mol. The molecule has 6 nitrogen and oxygen atoms in total. The van der Waals surface area contributed by atoms with E-state index in [9.17, 15) is 9.59 Å². The third-order valence-electron chi connectivity index (χ3n) is 1.94. The third-order valence-corrected chi connectivity index (χ3v) is 1.94. The molecule has 0 aliphatic heterocycles. The van der Waals surface area contributed by atoms with Crippen LogP contribution in [0.15, 0.2) is 18.2 Å². The molecule has 17 heavy (non-hydrogen) atoms. The summed E-state index contributed by atoms with van der Waals surface area (Å²) in [5.41, 5.74) is 0.709. The number of benzene rings is 1. The highest BCUT2D eigenvalue weighted by Gasteiger charge is 2.12. The molecule has 0 aliphatic carbocycles. The summed E-state index contributed by atoms with van der Waals surface area (Å²) < 4.78 is 0. The number of carbonyl (C=O) groups excluding carboxylic acids is 1. The first kappa shape index (κ1) is 13.0. The average Bonchev–Trinajstić information content (AvgIpc) is 2.15. The van der Waals surface area contributed by atoms with Crippen LogP contribution < -0.4 is 10.6 Å². The summed E-state index contributed by atoms with van der Waals surface area (Å²) in [7, 11) is 0. The highest BCUT2D eigenvalue weighted by atomic mass is 16.4. The lowest BCUT2D eigenvalue weighted by Gasteiger charge is -2.12. The van der Waals surface area contributed by atoms with E-state index in [2.05, 4.69) is 10.6 Å². The second-order valence-electron chi connectivity index (χ2n) is 3.57. The van der Waals surface area contributed by atoms with Gasteiger partial charge in [-0.05, 0) is 25.1 Å². The Bertz CT molecular complexity index is 443. The lowest BCUT2D eigenvalue weighted by Crippen LogP contribution is -2.15. The summed E-state index contributed by atoms with van der Waals surface area (Å²) in [4.78, 5) is 21.9. The van der Waals surface area contributed by atoms with E-state index in [4.69, 9.17) is 10.2 Å². The Morgan fingerprint density at radius 3 is 2.47 bits per heavy atom. The van der Waals surface area contributed by atoms with Crippen molar-refractivity contribution in [3.8, 4) is 0 Å². The highest BCUT2D eigenvalue weighted by molar-refractivity contribution is 6.00. The predicted octanol–water partition coefficient (Wildman–Crippen LogP) is 1.09. The molecule has 0 saturated carbocycles. The third kappa shape index (κ3) is 3.76.